The fraction of sp³-hybridized carbons (Fsp3) is 0.583. The van der Waals surface area contributed by atoms with Crippen molar-refractivity contribution in [3.8, 4) is 17.0 Å². The molecule has 0 spiro atoms. The van der Waals surface area contributed by atoms with Crippen LogP contribution in [0.2, 0.25) is 0 Å². The van der Waals surface area contributed by atoms with Crippen LogP contribution in [0.1, 0.15) is 49.8 Å². The van der Waals surface area contributed by atoms with Gasteiger partial charge in [0.25, 0.3) is 0 Å². The molecule has 7 nitrogen and oxygen atoms in total. The van der Waals surface area contributed by atoms with Crippen LogP contribution >= 0.6 is 0 Å². The van der Waals surface area contributed by atoms with Crippen LogP contribution in [0.5, 0.6) is 5.75 Å². The predicted octanol–water partition coefficient (Wildman–Crippen LogP) is 3.99. The number of hydrogen-bond donors (Lipinski definition) is 1. The van der Waals surface area contributed by atoms with Crippen LogP contribution in [0.4, 0.5) is 14.6 Å². The van der Waals surface area contributed by atoms with E-state index in [0.717, 1.165) is 51.3 Å². The van der Waals surface area contributed by atoms with Crippen LogP contribution < -0.4 is 10.5 Å². The normalized spacial score (nSPS) is 27.7. The maximum Gasteiger partial charge on any atom is 0.387 e. The van der Waals surface area contributed by atoms with Crippen molar-refractivity contribution in [2.75, 3.05) is 32.0 Å². The van der Waals surface area contributed by atoms with Crippen LogP contribution in [0.15, 0.2) is 30.0 Å². The predicted molar refractivity (Wildman–Crippen MR) is 119 cm³/mol. The molecule has 0 radical (unpaired) electrons. The van der Waals surface area contributed by atoms with Gasteiger partial charge in [-0.15, -0.1) is 0 Å². The molecule has 1 aliphatic heterocycles. The molecule has 6 rings (SSSR count). The van der Waals surface area contributed by atoms with Gasteiger partial charge in [0.1, 0.15) is 0 Å². The molecule has 3 atom stereocenters. The van der Waals surface area contributed by atoms with E-state index in [1.54, 1.807) is 6.20 Å². The van der Waals surface area contributed by atoms with Gasteiger partial charge in [-0.05, 0) is 37.3 Å². The van der Waals surface area contributed by atoms with E-state index in [1.807, 2.05) is 0 Å². The van der Waals surface area contributed by atoms with Gasteiger partial charge >= 0.3 is 6.61 Å². The minimum atomic E-state index is -2.95. The van der Waals surface area contributed by atoms with Crippen LogP contribution in [0, 0.1) is 5.92 Å². The lowest BCUT2D eigenvalue weighted by atomic mass is 10.0. The third kappa shape index (κ3) is 3.91. The zero-order valence-corrected chi connectivity index (χ0v) is 18.5. The summed E-state index contributed by atoms with van der Waals surface area (Å²) >= 11 is 0. The second-order valence-corrected chi connectivity index (χ2v) is 9.53. The van der Waals surface area contributed by atoms with Crippen LogP contribution in [-0.2, 0) is 4.74 Å². The molecule has 3 aliphatic carbocycles. The topological polar surface area (TPSA) is 78.4 Å². The van der Waals surface area contributed by atoms with E-state index in [0.29, 0.717) is 29.5 Å². The lowest BCUT2D eigenvalue weighted by Crippen LogP contribution is -2.42. The first-order valence-corrected chi connectivity index (χ1v) is 11.9. The van der Waals surface area contributed by atoms with Gasteiger partial charge in [0.2, 0.25) is 0 Å². The first-order valence-electron chi connectivity index (χ1n) is 11.9. The van der Waals surface area contributed by atoms with Gasteiger partial charge in [0.05, 0.1) is 24.9 Å². The largest absolute Gasteiger partial charge is 0.431 e. The number of nitrogens with two attached hydrogens (primary N) is 1. The summed E-state index contributed by atoms with van der Waals surface area (Å²) in [5, 5.41) is 4.95. The summed E-state index contributed by atoms with van der Waals surface area (Å²) in [7, 11) is 0. The summed E-state index contributed by atoms with van der Waals surface area (Å²) in [4.78, 5) is 6.60. The lowest BCUT2D eigenvalue weighted by molar-refractivity contribution is -0.0494. The fourth-order valence-electron chi connectivity index (χ4n) is 5.94. The second-order valence-electron chi connectivity index (χ2n) is 9.53. The van der Waals surface area contributed by atoms with E-state index < -0.39 is 6.61 Å². The van der Waals surface area contributed by atoms with Crippen molar-refractivity contribution in [1.82, 2.24) is 19.7 Å². The first-order chi connectivity index (χ1) is 16.1. The van der Waals surface area contributed by atoms with Crippen molar-refractivity contribution in [3.05, 3.63) is 35.7 Å². The number of fused-ring (bicyclic) bond motifs is 1. The standard InChI is InChI=1S/C24H29F2N5O2/c25-24(26)33-21-9-14(13-28-23(21)27)19-12-20(31(29-19)15-3-1-2-4-15)22-17-10-16(11-18(17)22)30-5-7-32-8-6-30/h9-10,12-13,15-16,18,22,24H,1-8,11H2,(H2,27,28). The smallest absolute Gasteiger partial charge is 0.387 e. The first kappa shape index (κ1) is 21.0. The highest BCUT2D eigenvalue weighted by molar-refractivity contribution is 5.65. The monoisotopic (exact) mass is 457 g/mol. The highest BCUT2D eigenvalue weighted by atomic mass is 19.3. The quantitative estimate of drug-likeness (QED) is 0.661. The molecule has 9 heteroatoms. The number of hydrogen-bond acceptors (Lipinski definition) is 6. The van der Waals surface area contributed by atoms with E-state index in [9.17, 15) is 8.78 Å². The van der Waals surface area contributed by atoms with Gasteiger partial charge in [-0.3, -0.25) is 9.58 Å². The molecule has 2 aromatic rings. The number of ether oxygens (including phenoxy) is 2. The van der Waals surface area contributed by atoms with Crippen molar-refractivity contribution in [2.45, 2.75) is 56.7 Å². The highest BCUT2D eigenvalue weighted by Gasteiger charge is 2.52. The molecule has 2 aromatic heterocycles. The van der Waals surface area contributed by atoms with Gasteiger partial charge in [0, 0.05) is 42.5 Å². The van der Waals surface area contributed by atoms with E-state index >= 15 is 0 Å². The van der Waals surface area contributed by atoms with Crippen LogP contribution in [0.25, 0.3) is 11.3 Å². The van der Waals surface area contributed by atoms with Crippen molar-refractivity contribution in [2.24, 2.45) is 5.92 Å². The Hall–Kier alpha value is -2.52. The molecule has 2 saturated carbocycles. The Morgan fingerprint density at radius 3 is 2.64 bits per heavy atom. The van der Waals surface area contributed by atoms with Crippen molar-refractivity contribution in [3.63, 3.8) is 0 Å². The summed E-state index contributed by atoms with van der Waals surface area (Å²) < 4.78 is 37.8. The van der Waals surface area contributed by atoms with Gasteiger partial charge in [-0.1, -0.05) is 24.5 Å². The number of nitrogen functional groups attached to an aromatic ring is 1. The number of rotatable bonds is 6. The zero-order valence-electron chi connectivity index (χ0n) is 18.5. The SMILES string of the molecule is Nc1ncc(-c2cc(C3C4=CC(N5CCOCC5)CC43)n(C3CCCC3)n2)cc1OC(F)F. The van der Waals surface area contributed by atoms with Gasteiger partial charge in [-0.2, -0.15) is 13.9 Å². The maximum absolute atomic E-state index is 12.8. The Morgan fingerprint density at radius 1 is 1.15 bits per heavy atom. The minimum absolute atomic E-state index is 0.0504. The van der Waals surface area contributed by atoms with Crippen molar-refractivity contribution < 1.29 is 18.3 Å². The second kappa shape index (κ2) is 8.36. The number of allylic oxidation sites excluding steroid dienone is 1. The van der Waals surface area contributed by atoms with E-state index in [1.165, 1.54) is 30.2 Å². The average molecular weight is 458 g/mol. The fourth-order valence-corrected chi connectivity index (χ4v) is 5.94. The lowest BCUT2D eigenvalue weighted by Gasteiger charge is -2.32. The van der Waals surface area contributed by atoms with Gasteiger partial charge in [0.15, 0.2) is 11.6 Å². The molecular weight excluding hydrogens is 428 g/mol. The number of anilines is 1. The molecule has 0 aromatic carbocycles. The molecule has 33 heavy (non-hydrogen) atoms. The minimum Gasteiger partial charge on any atom is -0.431 e. The molecule has 0 bridgehead atoms. The van der Waals surface area contributed by atoms with E-state index in [-0.39, 0.29) is 11.6 Å². The summed E-state index contributed by atoms with van der Waals surface area (Å²) in [5.41, 5.74) is 9.87. The third-order valence-corrected chi connectivity index (χ3v) is 7.62. The molecule has 176 valence electrons. The van der Waals surface area contributed by atoms with Crippen molar-refractivity contribution >= 4 is 5.82 Å². The van der Waals surface area contributed by atoms with E-state index in [4.69, 9.17) is 15.6 Å². The Bertz CT molecular complexity index is 1060. The Morgan fingerprint density at radius 2 is 1.94 bits per heavy atom. The molecular formula is C24H29F2N5O2. The number of aromatic nitrogens is 3. The number of alkyl halides is 2. The summed E-state index contributed by atoms with van der Waals surface area (Å²) in [6.07, 6.45) is 9.88. The highest BCUT2D eigenvalue weighted by Crippen LogP contribution is 2.61. The summed E-state index contributed by atoms with van der Waals surface area (Å²) in [5.74, 6) is 0.817. The Labute approximate surface area is 191 Å². The molecule has 1 saturated heterocycles. The molecule has 2 N–H and O–H groups in total. The number of halogens is 2. The van der Waals surface area contributed by atoms with Crippen molar-refractivity contribution in [1.29, 1.82) is 0 Å². The maximum atomic E-state index is 12.8. The molecule has 0 amide bonds. The van der Waals surface area contributed by atoms with Crippen LogP contribution in [-0.4, -0.2) is 58.6 Å². The Balaban J connectivity index is 1.30. The molecule has 4 aliphatic rings. The summed E-state index contributed by atoms with van der Waals surface area (Å²) in [6, 6.07) is 4.54. The van der Waals surface area contributed by atoms with E-state index in [2.05, 4.69) is 31.4 Å². The average Bonchev–Trinajstić information content (AvgIpc) is 3.32. The molecule has 3 heterocycles. The van der Waals surface area contributed by atoms with Crippen LogP contribution in [0.3, 0.4) is 0 Å². The van der Waals surface area contributed by atoms with Gasteiger partial charge in [-0.25, -0.2) is 4.98 Å². The zero-order chi connectivity index (χ0) is 22.5. The number of nitrogens with zero attached hydrogens (tertiary/aromatic N) is 4. The molecule has 3 fully saturated rings. The number of morpholine rings is 1. The molecule has 3 unspecified atom stereocenters. The Kier molecular flexibility index (Phi) is 5.33. The van der Waals surface area contributed by atoms with Gasteiger partial charge < -0.3 is 15.2 Å². The third-order valence-electron chi connectivity index (χ3n) is 7.62. The summed E-state index contributed by atoms with van der Waals surface area (Å²) in [6.45, 7) is 0.691. The number of pyridine rings is 1.